The van der Waals surface area contributed by atoms with E-state index in [0.717, 1.165) is 25.7 Å². The number of carbonyl (C=O) groups is 1. The number of hydrogen-bond acceptors (Lipinski definition) is 3. The predicted molar refractivity (Wildman–Crippen MR) is 72.4 cm³/mol. The summed E-state index contributed by atoms with van der Waals surface area (Å²) >= 11 is 5.78. The fraction of sp³-hybridized carbons (Fsp3) is 0.538. The van der Waals surface area contributed by atoms with Gasteiger partial charge in [-0.1, -0.05) is 31.4 Å². The second-order valence-corrected chi connectivity index (χ2v) is 5.57. The van der Waals surface area contributed by atoms with Crippen molar-refractivity contribution >= 4 is 23.2 Å². The first-order valence-electron chi connectivity index (χ1n) is 6.21. The van der Waals surface area contributed by atoms with Gasteiger partial charge in [0.05, 0.1) is 5.54 Å². The lowest BCUT2D eigenvalue weighted by Gasteiger charge is -2.35. The molecule has 0 bridgehead atoms. The molecule has 0 spiro atoms. The summed E-state index contributed by atoms with van der Waals surface area (Å²) in [6.07, 6.45) is 5.18. The normalized spacial score (nSPS) is 27.8. The van der Waals surface area contributed by atoms with Gasteiger partial charge < -0.3 is 11.1 Å². The van der Waals surface area contributed by atoms with Crippen LogP contribution in [0, 0.1) is 5.92 Å². The molecule has 3 N–H and O–H groups in total. The van der Waals surface area contributed by atoms with E-state index < -0.39 is 5.54 Å². The first-order chi connectivity index (χ1) is 8.49. The van der Waals surface area contributed by atoms with Gasteiger partial charge in [0, 0.05) is 11.9 Å². The van der Waals surface area contributed by atoms with E-state index in [0.29, 0.717) is 16.8 Å². The van der Waals surface area contributed by atoms with E-state index in [-0.39, 0.29) is 5.91 Å². The molecular weight excluding hydrogens is 250 g/mol. The SMILES string of the molecule is CC1CCCC(N)(C(=O)Nc2ccnc(Cl)c2)C1. The Morgan fingerprint density at radius 1 is 1.67 bits per heavy atom. The van der Waals surface area contributed by atoms with Gasteiger partial charge in [-0.3, -0.25) is 4.79 Å². The summed E-state index contributed by atoms with van der Waals surface area (Å²) in [5.41, 5.74) is 6.10. The Balaban J connectivity index is 2.07. The smallest absolute Gasteiger partial charge is 0.244 e. The minimum atomic E-state index is -0.757. The van der Waals surface area contributed by atoms with E-state index >= 15 is 0 Å². The number of halogens is 1. The van der Waals surface area contributed by atoms with Crippen molar-refractivity contribution in [2.75, 3.05) is 5.32 Å². The van der Waals surface area contributed by atoms with Crippen molar-refractivity contribution in [3.63, 3.8) is 0 Å². The van der Waals surface area contributed by atoms with E-state index in [9.17, 15) is 4.79 Å². The molecule has 1 aromatic heterocycles. The highest BCUT2D eigenvalue weighted by Crippen LogP contribution is 2.31. The third kappa shape index (κ3) is 3.00. The lowest BCUT2D eigenvalue weighted by Crippen LogP contribution is -2.53. The molecule has 4 nitrogen and oxygen atoms in total. The van der Waals surface area contributed by atoms with Crippen molar-refractivity contribution in [2.45, 2.75) is 38.1 Å². The zero-order valence-corrected chi connectivity index (χ0v) is 11.2. The number of rotatable bonds is 2. The number of amides is 1. The summed E-state index contributed by atoms with van der Waals surface area (Å²) in [6.45, 7) is 2.14. The van der Waals surface area contributed by atoms with Crippen LogP contribution in [0.4, 0.5) is 5.69 Å². The van der Waals surface area contributed by atoms with E-state index in [1.165, 1.54) is 0 Å². The van der Waals surface area contributed by atoms with Crippen LogP contribution in [0.2, 0.25) is 5.15 Å². The average Bonchev–Trinajstić information content (AvgIpc) is 2.28. The molecule has 0 aliphatic heterocycles. The van der Waals surface area contributed by atoms with Gasteiger partial charge in [-0.05, 0) is 30.9 Å². The van der Waals surface area contributed by atoms with Crippen LogP contribution in [0.3, 0.4) is 0 Å². The van der Waals surface area contributed by atoms with Gasteiger partial charge in [0.2, 0.25) is 5.91 Å². The lowest BCUT2D eigenvalue weighted by atomic mass is 9.76. The molecule has 0 saturated heterocycles. The predicted octanol–water partition coefficient (Wildman–Crippen LogP) is 2.58. The molecule has 2 rings (SSSR count). The van der Waals surface area contributed by atoms with Crippen LogP contribution in [-0.4, -0.2) is 16.4 Å². The largest absolute Gasteiger partial charge is 0.324 e. The van der Waals surface area contributed by atoms with E-state index in [2.05, 4.69) is 17.2 Å². The Morgan fingerprint density at radius 3 is 3.11 bits per heavy atom. The maximum atomic E-state index is 12.2. The number of pyridine rings is 1. The molecule has 1 aliphatic rings. The highest BCUT2D eigenvalue weighted by Gasteiger charge is 2.37. The Morgan fingerprint density at radius 2 is 2.44 bits per heavy atom. The summed E-state index contributed by atoms with van der Waals surface area (Å²) in [6, 6.07) is 3.33. The standard InChI is InChI=1S/C13H18ClN3O/c1-9-3-2-5-13(15,8-9)12(18)17-10-4-6-16-11(14)7-10/h4,6-7,9H,2-3,5,8,15H2,1H3,(H,16,17,18). The first-order valence-corrected chi connectivity index (χ1v) is 6.59. The number of aromatic nitrogens is 1. The maximum Gasteiger partial charge on any atom is 0.244 e. The summed E-state index contributed by atoms with van der Waals surface area (Å²) in [4.78, 5) is 16.1. The molecule has 98 valence electrons. The highest BCUT2D eigenvalue weighted by atomic mass is 35.5. The van der Waals surface area contributed by atoms with Crippen LogP contribution >= 0.6 is 11.6 Å². The highest BCUT2D eigenvalue weighted by molar-refractivity contribution is 6.29. The van der Waals surface area contributed by atoms with Crippen molar-refractivity contribution in [1.29, 1.82) is 0 Å². The number of nitrogens with two attached hydrogens (primary N) is 1. The van der Waals surface area contributed by atoms with Crippen molar-refractivity contribution in [3.05, 3.63) is 23.5 Å². The number of hydrogen-bond donors (Lipinski definition) is 2. The molecule has 1 aromatic rings. The fourth-order valence-corrected chi connectivity index (χ4v) is 2.71. The Bertz CT molecular complexity index is 452. The first kappa shape index (κ1) is 13.3. The van der Waals surface area contributed by atoms with Crippen molar-refractivity contribution in [3.8, 4) is 0 Å². The third-order valence-corrected chi connectivity index (χ3v) is 3.68. The van der Waals surface area contributed by atoms with E-state index in [1.807, 2.05) is 0 Å². The summed E-state index contributed by atoms with van der Waals surface area (Å²) in [7, 11) is 0. The van der Waals surface area contributed by atoms with Gasteiger partial charge in [-0.2, -0.15) is 0 Å². The molecule has 1 saturated carbocycles. The van der Waals surface area contributed by atoms with Crippen molar-refractivity contribution < 1.29 is 4.79 Å². The minimum absolute atomic E-state index is 0.128. The zero-order chi connectivity index (χ0) is 13.2. The van der Waals surface area contributed by atoms with Crippen LogP contribution in [0.1, 0.15) is 32.6 Å². The minimum Gasteiger partial charge on any atom is -0.324 e. The quantitative estimate of drug-likeness (QED) is 0.810. The molecule has 1 fully saturated rings. The molecule has 2 atom stereocenters. The maximum absolute atomic E-state index is 12.2. The van der Waals surface area contributed by atoms with Crippen LogP contribution in [0.25, 0.3) is 0 Å². The molecule has 0 aromatic carbocycles. The van der Waals surface area contributed by atoms with E-state index in [1.54, 1.807) is 18.3 Å². The molecule has 1 heterocycles. The Kier molecular flexibility index (Phi) is 3.88. The Labute approximate surface area is 112 Å². The monoisotopic (exact) mass is 267 g/mol. The van der Waals surface area contributed by atoms with Crippen LogP contribution in [-0.2, 0) is 4.79 Å². The van der Waals surface area contributed by atoms with Crippen LogP contribution < -0.4 is 11.1 Å². The number of anilines is 1. The second-order valence-electron chi connectivity index (χ2n) is 5.18. The molecular formula is C13H18ClN3O. The van der Waals surface area contributed by atoms with Crippen LogP contribution in [0.15, 0.2) is 18.3 Å². The molecule has 1 amide bonds. The topological polar surface area (TPSA) is 68.0 Å². The van der Waals surface area contributed by atoms with Crippen molar-refractivity contribution in [2.24, 2.45) is 11.7 Å². The van der Waals surface area contributed by atoms with Gasteiger partial charge in [-0.25, -0.2) is 4.98 Å². The van der Waals surface area contributed by atoms with Gasteiger partial charge in [0.1, 0.15) is 5.15 Å². The summed E-state index contributed by atoms with van der Waals surface area (Å²) < 4.78 is 0. The zero-order valence-electron chi connectivity index (χ0n) is 10.4. The summed E-state index contributed by atoms with van der Waals surface area (Å²) in [5, 5.41) is 3.18. The van der Waals surface area contributed by atoms with E-state index in [4.69, 9.17) is 17.3 Å². The van der Waals surface area contributed by atoms with Crippen LogP contribution in [0.5, 0.6) is 0 Å². The van der Waals surface area contributed by atoms with Gasteiger partial charge in [0.25, 0.3) is 0 Å². The molecule has 1 aliphatic carbocycles. The van der Waals surface area contributed by atoms with Gasteiger partial charge >= 0.3 is 0 Å². The molecule has 18 heavy (non-hydrogen) atoms. The fourth-order valence-electron chi connectivity index (χ4n) is 2.53. The summed E-state index contributed by atoms with van der Waals surface area (Å²) in [5.74, 6) is 0.367. The number of nitrogens with one attached hydrogen (secondary N) is 1. The van der Waals surface area contributed by atoms with Crippen molar-refractivity contribution in [1.82, 2.24) is 4.98 Å². The second kappa shape index (κ2) is 5.24. The number of nitrogens with zero attached hydrogens (tertiary/aromatic N) is 1. The lowest BCUT2D eigenvalue weighted by molar-refractivity contribution is -0.122. The molecule has 0 radical (unpaired) electrons. The Hall–Kier alpha value is -1.13. The van der Waals surface area contributed by atoms with Gasteiger partial charge in [0.15, 0.2) is 0 Å². The number of carbonyl (C=O) groups excluding carboxylic acids is 1. The molecule has 2 unspecified atom stereocenters. The molecule has 5 heteroatoms. The average molecular weight is 268 g/mol. The van der Waals surface area contributed by atoms with Gasteiger partial charge in [-0.15, -0.1) is 0 Å². The third-order valence-electron chi connectivity index (χ3n) is 3.47.